The summed E-state index contributed by atoms with van der Waals surface area (Å²) >= 11 is 19.5. The topological polar surface area (TPSA) is 64.1 Å². The normalized spacial score (nSPS) is 13.1. The number of nitrogens with zero attached hydrogens (tertiary/aromatic N) is 2. The lowest BCUT2D eigenvalue weighted by atomic mass is 9.96. The molecule has 0 radical (unpaired) electrons. The Morgan fingerprint density at radius 3 is 2.39 bits per heavy atom. The van der Waals surface area contributed by atoms with E-state index in [4.69, 9.17) is 39.5 Å². The molecule has 1 amide bonds. The van der Waals surface area contributed by atoms with Gasteiger partial charge in [-0.25, -0.2) is 4.98 Å². The number of aryl methyl sites for hydroxylation is 1. The molecular formula is C19H22Cl3N3O2S. The van der Waals surface area contributed by atoms with Crippen LogP contribution >= 0.6 is 46.6 Å². The number of rotatable bonds is 6. The van der Waals surface area contributed by atoms with Gasteiger partial charge in [0.25, 0.3) is 0 Å². The molecule has 0 bridgehead atoms. The van der Waals surface area contributed by atoms with Crippen molar-refractivity contribution in [3.8, 4) is 5.88 Å². The third-order valence-corrected chi connectivity index (χ3v) is 5.01. The van der Waals surface area contributed by atoms with Crippen molar-refractivity contribution in [1.29, 1.82) is 0 Å². The van der Waals surface area contributed by atoms with Crippen molar-refractivity contribution in [3.05, 3.63) is 47.7 Å². The number of amides is 1. The zero-order chi connectivity index (χ0) is 20.9. The molecule has 152 valence electrons. The van der Waals surface area contributed by atoms with Crippen molar-refractivity contribution in [3.63, 3.8) is 0 Å². The minimum absolute atomic E-state index is 0.216. The van der Waals surface area contributed by atoms with E-state index in [1.165, 1.54) is 11.8 Å². The summed E-state index contributed by atoms with van der Waals surface area (Å²) in [6.07, 6.45) is -1.20. The second kappa shape index (κ2) is 9.53. The van der Waals surface area contributed by atoms with E-state index in [0.717, 1.165) is 5.56 Å². The van der Waals surface area contributed by atoms with Crippen LogP contribution < -0.4 is 10.1 Å². The predicted octanol–water partition coefficient (Wildman–Crippen LogP) is 5.31. The van der Waals surface area contributed by atoms with Gasteiger partial charge in [0.1, 0.15) is 0 Å². The Hall–Kier alpha value is -1.21. The third-order valence-electron chi connectivity index (χ3n) is 3.50. The Morgan fingerprint density at radius 1 is 1.18 bits per heavy atom. The van der Waals surface area contributed by atoms with Gasteiger partial charge in [0, 0.05) is 22.9 Å². The first-order valence-corrected chi connectivity index (χ1v) is 10.6. The second-order valence-electron chi connectivity index (χ2n) is 7.17. The average molecular weight is 463 g/mol. The quantitative estimate of drug-likeness (QED) is 0.272. The van der Waals surface area contributed by atoms with E-state index < -0.39 is 15.4 Å². The van der Waals surface area contributed by atoms with Gasteiger partial charge in [-0.15, -0.1) is 0 Å². The lowest BCUT2D eigenvalue weighted by molar-refractivity contribution is -0.131. The van der Waals surface area contributed by atoms with E-state index in [2.05, 4.69) is 15.3 Å². The number of alkyl halides is 3. The van der Waals surface area contributed by atoms with Crippen LogP contribution in [0.4, 0.5) is 0 Å². The Balaban J connectivity index is 2.15. The van der Waals surface area contributed by atoms with Crippen molar-refractivity contribution in [2.24, 2.45) is 5.41 Å². The molecule has 0 fully saturated rings. The fourth-order valence-electron chi connectivity index (χ4n) is 1.99. The van der Waals surface area contributed by atoms with Gasteiger partial charge in [0.15, 0.2) is 5.16 Å². The first-order chi connectivity index (χ1) is 12.9. The fraction of sp³-hybridized carbons (Fsp3) is 0.421. The number of ether oxygens (including phenoxy) is 1. The number of carbonyl (C=O) groups excluding carboxylic acids is 1. The number of hydrogen-bond donors (Lipinski definition) is 1. The fourth-order valence-corrected chi connectivity index (χ4v) is 3.14. The first-order valence-electron chi connectivity index (χ1n) is 8.52. The molecule has 0 aliphatic carbocycles. The van der Waals surface area contributed by atoms with Crippen molar-refractivity contribution >= 4 is 52.5 Å². The molecule has 0 saturated heterocycles. The van der Waals surface area contributed by atoms with Gasteiger partial charge in [-0.1, -0.05) is 97.7 Å². The smallest absolute Gasteiger partial charge is 0.246 e. The van der Waals surface area contributed by atoms with Crippen molar-refractivity contribution in [2.75, 3.05) is 0 Å². The summed E-state index contributed by atoms with van der Waals surface area (Å²) in [6, 6.07) is 11.6. The Kier molecular flexibility index (Phi) is 7.85. The van der Waals surface area contributed by atoms with Crippen LogP contribution in [0.1, 0.15) is 32.0 Å². The van der Waals surface area contributed by atoms with Crippen molar-refractivity contribution in [1.82, 2.24) is 15.3 Å². The van der Waals surface area contributed by atoms with Gasteiger partial charge in [0.05, 0.1) is 0 Å². The standard InChI is InChI=1S/C19H22Cl3N3O2S/c1-12-10-14(24-17(23-12)28-11-13-8-6-5-7-9-13)27-16(19(20,21)22)25-15(26)18(2,3)4/h5-10,16H,11H2,1-4H3,(H,25,26). The molecule has 0 saturated carbocycles. The summed E-state index contributed by atoms with van der Waals surface area (Å²) < 4.78 is 3.85. The molecule has 1 atom stereocenters. The van der Waals surface area contributed by atoms with Crippen LogP contribution in [0.2, 0.25) is 0 Å². The van der Waals surface area contributed by atoms with Crippen LogP contribution in [0, 0.1) is 12.3 Å². The van der Waals surface area contributed by atoms with Crippen LogP contribution in [-0.2, 0) is 10.5 Å². The number of hydrogen-bond acceptors (Lipinski definition) is 5. The average Bonchev–Trinajstić information content (AvgIpc) is 2.58. The van der Waals surface area contributed by atoms with E-state index in [1.54, 1.807) is 26.8 Å². The molecular weight excluding hydrogens is 441 g/mol. The zero-order valence-corrected chi connectivity index (χ0v) is 19.1. The molecule has 2 aromatic rings. The van der Waals surface area contributed by atoms with E-state index >= 15 is 0 Å². The number of nitrogens with one attached hydrogen (secondary N) is 1. The number of carbonyl (C=O) groups is 1. The van der Waals surface area contributed by atoms with Crippen LogP contribution in [-0.4, -0.2) is 25.9 Å². The minimum Gasteiger partial charge on any atom is -0.449 e. The molecule has 1 aromatic carbocycles. The summed E-state index contributed by atoms with van der Waals surface area (Å²) in [6.45, 7) is 7.08. The molecule has 0 aliphatic rings. The van der Waals surface area contributed by atoms with Gasteiger partial charge in [0.2, 0.25) is 21.8 Å². The highest BCUT2D eigenvalue weighted by Crippen LogP contribution is 2.33. The van der Waals surface area contributed by atoms with E-state index in [0.29, 0.717) is 16.6 Å². The molecule has 2 rings (SSSR count). The third kappa shape index (κ3) is 7.32. The highest BCUT2D eigenvalue weighted by Gasteiger charge is 2.38. The van der Waals surface area contributed by atoms with Crippen LogP contribution in [0.15, 0.2) is 41.6 Å². The SMILES string of the molecule is Cc1cc(OC(NC(=O)C(C)(C)C)C(Cl)(Cl)Cl)nc(SCc2ccccc2)n1. The van der Waals surface area contributed by atoms with Gasteiger partial charge in [-0.2, -0.15) is 4.98 Å². The molecule has 1 N–H and O–H groups in total. The maximum Gasteiger partial charge on any atom is 0.246 e. The minimum atomic E-state index is -1.88. The first kappa shape index (κ1) is 23.1. The van der Waals surface area contributed by atoms with E-state index in [1.807, 2.05) is 37.3 Å². The highest BCUT2D eigenvalue weighted by molar-refractivity contribution is 7.98. The summed E-state index contributed by atoms with van der Waals surface area (Å²) in [5, 5.41) is 3.15. The maximum atomic E-state index is 12.3. The van der Waals surface area contributed by atoms with Crippen LogP contribution in [0.5, 0.6) is 5.88 Å². The molecule has 5 nitrogen and oxygen atoms in total. The Morgan fingerprint density at radius 2 is 1.82 bits per heavy atom. The number of halogens is 3. The maximum absolute atomic E-state index is 12.3. The van der Waals surface area contributed by atoms with Gasteiger partial charge in [-0.05, 0) is 12.5 Å². The summed E-state index contributed by atoms with van der Waals surface area (Å²) in [4.78, 5) is 21.1. The molecule has 1 aromatic heterocycles. The highest BCUT2D eigenvalue weighted by atomic mass is 35.6. The van der Waals surface area contributed by atoms with Crippen molar-refractivity contribution < 1.29 is 9.53 Å². The molecule has 0 aliphatic heterocycles. The molecule has 0 spiro atoms. The number of benzene rings is 1. The number of aromatic nitrogens is 2. The Bertz CT molecular complexity index is 808. The van der Waals surface area contributed by atoms with Gasteiger partial charge in [-0.3, -0.25) is 4.79 Å². The summed E-state index contributed by atoms with van der Waals surface area (Å²) in [5.74, 6) is 0.611. The monoisotopic (exact) mass is 461 g/mol. The van der Waals surface area contributed by atoms with Gasteiger partial charge >= 0.3 is 0 Å². The van der Waals surface area contributed by atoms with E-state index in [9.17, 15) is 4.79 Å². The molecule has 1 heterocycles. The predicted molar refractivity (Wildman–Crippen MR) is 115 cm³/mol. The lowest BCUT2D eigenvalue weighted by Crippen LogP contribution is -2.51. The zero-order valence-electron chi connectivity index (χ0n) is 16.0. The lowest BCUT2D eigenvalue weighted by Gasteiger charge is -2.29. The Labute approximate surface area is 184 Å². The summed E-state index contributed by atoms with van der Waals surface area (Å²) in [5.41, 5.74) is 1.18. The number of thioether (sulfide) groups is 1. The van der Waals surface area contributed by atoms with E-state index in [-0.39, 0.29) is 11.8 Å². The van der Waals surface area contributed by atoms with Crippen LogP contribution in [0.3, 0.4) is 0 Å². The molecule has 9 heteroatoms. The van der Waals surface area contributed by atoms with Crippen molar-refractivity contribution in [2.45, 2.75) is 48.6 Å². The van der Waals surface area contributed by atoms with Gasteiger partial charge < -0.3 is 10.1 Å². The largest absolute Gasteiger partial charge is 0.449 e. The molecule has 1 unspecified atom stereocenters. The second-order valence-corrected chi connectivity index (χ2v) is 10.5. The molecule has 28 heavy (non-hydrogen) atoms. The van der Waals surface area contributed by atoms with Crippen LogP contribution in [0.25, 0.3) is 0 Å². The summed E-state index contributed by atoms with van der Waals surface area (Å²) in [7, 11) is 0.